The first-order chi connectivity index (χ1) is 12.5. The number of aromatic carboxylic acids is 1. The van der Waals surface area contributed by atoms with E-state index in [2.05, 4.69) is 26.1 Å². The summed E-state index contributed by atoms with van der Waals surface area (Å²) in [6, 6.07) is 16.2. The standard InChI is InChI=1S/C19H13BrN4O2/c20-11-7-5-10(6-8-11)17-16-15(23-24-18(16)21)9-14(22-17)12-3-1-2-4-13(12)19(25)26/h1-9H,(H,25,26)(H3,21,23,24). The number of nitrogen functional groups attached to an aromatic ring is 1. The van der Waals surface area contributed by atoms with Gasteiger partial charge in [0.1, 0.15) is 0 Å². The monoisotopic (exact) mass is 408 g/mol. The summed E-state index contributed by atoms with van der Waals surface area (Å²) in [5.74, 6) is -0.652. The molecule has 26 heavy (non-hydrogen) atoms. The fourth-order valence-corrected chi connectivity index (χ4v) is 3.18. The van der Waals surface area contributed by atoms with Gasteiger partial charge in [-0.2, -0.15) is 5.10 Å². The molecule has 0 fully saturated rings. The Kier molecular flexibility index (Phi) is 3.93. The topological polar surface area (TPSA) is 105 Å². The van der Waals surface area contributed by atoms with Crippen LogP contribution < -0.4 is 5.73 Å². The van der Waals surface area contributed by atoms with Crippen molar-refractivity contribution in [2.75, 3.05) is 5.73 Å². The van der Waals surface area contributed by atoms with E-state index in [1.165, 1.54) is 0 Å². The maximum atomic E-state index is 11.6. The number of aromatic nitrogens is 3. The molecule has 0 aliphatic carbocycles. The van der Waals surface area contributed by atoms with Gasteiger partial charge in [-0.1, -0.05) is 46.3 Å². The van der Waals surface area contributed by atoms with Crippen molar-refractivity contribution in [3.8, 4) is 22.5 Å². The van der Waals surface area contributed by atoms with E-state index >= 15 is 0 Å². The van der Waals surface area contributed by atoms with Gasteiger partial charge >= 0.3 is 5.97 Å². The minimum absolute atomic E-state index is 0.189. The smallest absolute Gasteiger partial charge is 0.336 e. The van der Waals surface area contributed by atoms with Crippen LogP contribution in [-0.2, 0) is 0 Å². The number of carboxylic acids is 1. The van der Waals surface area contributed by atoms with Crippen molar-refractivity contribution in [1.82, 2.24) is 15.2 Å². The van der Waals surface area contributed by atoms with Gasteiger partial charge < -0.3 is 10.8 Å². The van der Waals surface area contributed by atoms with E-state index in [0.29, 0.717) is 33.7 Å². The molecule has 0 aliphatic heterocycles. The summed E-state index contributed by atoms with van der Waals surface area (Å²) < 4.78 is 0.949. The first kappa shape index (κ1) is 16.3. The molecule has 0 saturated heterocycles. The molecule has 2 aromatic carbocycles. The Balaban J connectivity index is 2.02. The number of nitrogens with zero attached hydrogens (tertiary/aromatic N) is 2. The number of hydrogen-bond acceptors (Lipinski definition) is 4. The second-order valence-corrected chi connectivity index (χ2v) is 6.66. The average Bonchev–Trinajstić information content (AvgIpc) is 3.03. The van der Waals surface area contributed by atoms with Crippen LogP contribution in [0.25, 0.3) is 33.4 Å². The number of aromatic amines is 1. The molecule has 4 rings (SSSR count). The normalized spacial score (nSPS) is 11.0. The summed E-state index contributed by atoms with van der Waals surface area (Å²) in [7, 11) is 0. The van der Waals surface area contributed by atoms with Crippen LogP contribution in [0, 0.1) is 0 Å². The molecule has 0 atom stereocenters. The highest BCUT2D eigenvalue weighted by molar-refractivity contribution is 9.10. The number of anilines is 1. The second-order valence-electron chi connectivity index (χ2n) is 5.75. The third kappa shape index (κ3) is 2.72. The summed E-state index contributed by atoms with van der Waals surface area (Å²) in [4.78, 5) is 16.3. The maximum absolute atomic E-state index is 11.6. The minimum Gasteiger partial charge on any atom is -0.478 e. The van der Waals surface area contributed by atoms with Crippen LogP contribution in [-0.4, -0.2) is 26.3 Å². The first-order valence-electron chi connectivity index (χ1n) is 7.78. The zero-order valence-corrected chi connectivity index (χ0v) is 15.0. The van der Waals surface area contributed by atoms with E-state index in [9.17, 15) is 9.90 Å². The number of nitrogens with one attached hydrogen (secondary N) is 1. The second kappa shape index (κ2) is 6.27. The van der Waals surface area contributed by atoms with Crippen LogP contribution in [0.3, 0.4) is 0 Å². The Bertz CT molecular complexity index is 1140. The molecule has 0 spiro atoms. The van der Waals surface area contributed by atoms with Crippen LogP contribution in [0.5, 0.6) is 0 Å². The van der Waals surface area contributed by atoms with Gasteiger partial charge in [0.15, 0.2) is 5.82 Å². The third-order valence-corrected chi connectivity index (χ3v) is 4.65. The lowest BCUT2D eigenvalue weighted by Crippen LogP contribution is -2.01. The number of pyridine rings is 1. The van der Waals surface area contributed by atoms with Crippen molar-refractivity contribution in [1.29, 1.82) is 0 Å². The van der Waals surface area contributed by atoms with E-state index in [1.54, 1.807) is 30.3 Å². The Morgan fingerprint density at radius 3 is 2.58 bits per heavy atom. The maximum Gasteiger partial charge on any atom is 0.336 e. The quantitative estimate of drug-likeness (QED) is 0.467. The molecule has 2 aromatic heterocycles. The van der Waals surface area contributed by atoms with Gasteiger partial charge in [-0.25, -0.2) is 9.78 Å². The molecule has 0 amide bonds. The predicted molar refractivity (Wildman–Crippen MR) is 104 cm³/mol. The average molecular weight is 409 g/mol. The van der Waals surface area contributed by atoms with Gasteiger partial charge in [0.05, 0.1) is 27.9 Å². The van der Waals surface area contributed by atoms with Crippen LogP contribution in [0.4, 0.5) is 5.82 Å². The lowest BCUT2D eigenvalue weighted by Gasteiger charge is -2.10. The molecule has 6 nitrogen and oxygen atoms in total. The van der Waals surface area contributed by atoms with Gasteiger partial charge in [-0.15, -0.1) is 0 Å². The summed E-state index contributed by atoms with van der Waals surface area (Å²) in [6.45, 7) is 0. The molecular weight excluding hydrogens is 396 g/mol. The summed E-state index contributed by atoms with van der Waals surface area (Å²) in [5, 5.41) is 17.2. The Morgan fingerprint density at radius 1 is 1.12 bits per heavy atom. The molecule has 0 bridgehead atoms. The molecular formula is C19H13BrN4O2. The third-order valence-electron chi connectivity index (χ3n) is 4.12. The number of carboxylic acid groups (broad SMARTS) is 1. The van der Waals surface area contributed by atoms with Crippen LogP contribution in [0.2, 0.25) is 0 Å². The van der Waals surface area contributed by atoms with Crippen molar-refractivity contribution in [3.63, 3.8) is 0 Å². The van der Waals surface area contributed by atoms with E-state index in [-0.39, 0.29) is 5.56 Å². The molecule has 4 N–H and O–H groups in total. The number of fused-ring (bicyclic) bond motifs is 1. The highest BCUT2D eigenvalue weighted by Crippen LogP contribution is 2.34. The van der Waals surface area contributed by atoms with Gasteiger partial charge in [-0.05, 0) is 24.3 Å². The van der Waals surface area contributed by atoms with Gasteiger partial charge in [0.25, 0.3) is 0 Å². The summed E-state index contributed by atoms with van der Waals surface area (Å²) in [5.41, 5.74) is 9.50. The molecule has 0 saturated carbocycles. The van der Waals surface area contributed by atoms with Gasteiger partial charge in [0.2, 0.25) is 0 Å². The van der Waals surface area contributed by atoms with Gasteiger partial charge in [-0.3, -0.25) is 5.10 Å². The molecule has 0 aliphatic rings. The fraction of sp³-hybridized carbons (Fsp3) is 0. The number of hydrogen-bond donors (Lipinski definition) is 3. The van der Waals surface area contributed by atoms with E-state index in [1.807, 2.05) is 24.3 Å². The number of benzene rings is 2. The molecule has 2 heterocycles. The minimum atomic E-state index is -1.00. The Hall–Kier alpha value is -3.19. The van der Waals surface area contributed by atoms with Crippen molar-refractivity contribution in [3.05, 3.63) is 64.6 Å². The van der Waals surface area contributed by atoms with Crippen LogP contribution in [0.1, 0.15) is 10.4 Å². The molecule has 7 heteroatoms. The zero-order chi connectivity index (χ0) is 18.3. The number of halogens is 1. The van der Waals surface area contributed by atoms with Crippen LogP contribution >= 0.6 is 15.9 Å². The van der Waals surface area contributed by atoms with Crippen molar-refractivity contribution in [2.24, 2.45) is 0 Å². The highest BCUT2D eigenvalue weighted by Gasteiger charge is 2.18. The predicted octanol–water partition coefficient (Wildman–Crippen LogP) is 4.33. The zero-order valence-electron chi connectivity index (χ0n) is 13.4. The Morgan fingerprint density at radius 2 is 1.85 bits per heavy atom. The van der Waals surface area contributed by atoms with E-state index in [4.69, 9.17) is 10.7 Å². The Labute approximate surface area is 156 Å². The number of rotatable bonds is 3. The number of H-pyrrole nitrogens is 1. The number of nitrogens with two attached hydrogens (primary N) is 1. The molecule has 4 aromatic rings. The fourth-order valence-electron chi connectivity index (χ4n) is 2.92. The summed E-state index contributed by atoms with van der Waals surface area (Å²) >= 11 is 3.42. The molecule has 128 valence electrons. The molecule has 0 unspecified atom stereocenters. The highest BCUT2D eigenvalue weighted by atomic mass is 79.9. The summed E-state index contributed by atoms with van der Waals surface area (Å²) in [6.07, 6.45) is 0. The van der Waals surface area contributed by atoms with Crippen LogP contribution in [0.15, 0.2) is 59.1 Å². The lowest BCUT2D eigenvalue weighted by atomic mass is 10.0. The lowest BCUT2D eigenvalue weighted by molar-refractivity contribution is 0.0697. The molecule has 0 radical (unpaired) electrons. The number of carbonyl (C=O) groups is 1. The largest absolute Gasteiger partial charge is 0.478 e. The van der Waals surface area contributed by atoms with E-state index < -0.39 is 5.97 Å². The van der Waals surface area contributed by atoms with Crippen molar-refractivity contribution < 1.29 is 9.90 Å². The van der Waals surface area contributed by atoms with Crippen molar-refractivity contribution in [2.45, 2.75) is 0 Å². The SMILES string of the molecule is Nc1n[nH]c2cc(-c3ccccc3C(=O)O)nc(-c3ccc(Br)cc3)c12. The first-order valence-corrected chi connectivity index (χ1v) is 8.57. The van der Waals surface area contributed by atoms with Gasteiger partial charge in [0, 0.05) is 15.6 Å². The van der Waals surface area contributed by atoms with Crippen molar-refractivity contribution >= 4 is 38.6 Å². The van der Waals surface area contributed by atoms with E-state index in [0.717, 1.165) is 10.0 Å².